The largest absolute Gasteiger partial charge is 0.324 e. The van der Waals surface area contributed by atoms with Crippen LogP contribution < -0.4 is 5.73 Å². The molecule has 1 aliphatic rings. The van der Waals surface area contributed by atoms with E-state index in [1.807, 2.05) is 12.2 Å². The highest BCUT2D eigenvalue weighted by molar-refractivity contribution is 7.12. The van der Waals surface area contributed by atoms with Gasteiger partial charge in [0.15, 0.2) is 0 Å². The van der Waals surface area contributed by atoms with Crippen molar-refractivity contribution in [1.82, 2.24) is 0 Å². The van der Waals surface area contributed by atoms with Gasteiger partial charge in [0.1, 0.15) is 5.78 Å². The van der Waals surface area contributed by atoms with E-state index in [4.69, 9.17) is 5.73 Å². The van der Waals surface area contributed by atoms with E-state index in [2.05, 4.69) is 19.1 Å². The summed E-state index contributed by atoms with van der Waals surface area (Å²) in [4.78, 5) is 14.5. The third kappa shape index (κ3) is 2.60. The van der Waals surface area contributed by atoms with Gasteiger partial charge in [-0.05, 0) is 25.0 Å². The molecule has 0 bridgehead atoms. The summed E-state index contributed by atoms with van der Waals surface area (Å²) in [6, 6.07) is 4.26. The van der Waals surface area contributed by atoms with Crippen LogP contribution in [-0.4, -0.2) is 11.8 Å². The summed E-state index contributed by atoms with van der Waals surface area (Å²) in [5, 5.41) is 0. The number of carbonyl (C=O) groups is 1. The SMILES string of the molecule is CCc1ccc(CC(=O)C2C=CC(N)C2)s1. The Kier molecular flexibility index (Phi) is 3.56. The van der Waals surface area contributed by atoms with Gasteiger partial charge in [0, 0.05) is 28.1 Å². The van der Waals surface area contributed by atoms with Crippen molar-refractivity contribution < 1.29 is 4.79 Å². The third-order valence-corrected chi connectivity index (χ3v) is 4.17. The molecule has 1 heterocycles. The molecule has 0 aliphatic heterocycles. The first-order chi connectivity index (χ1) is 7.69. The van der Waals surface area contributed by atoms with Gasteiger partial charge in [-0.15, -0.1) is 11.3 Å². The molecule has 2 unspecified atom stereocenters. The zero-order valence-electron chi connectivity index (χ0n) is 9.48. The Bertz CT molecular complexity index is 408. The Morgan fingerprint density at radius 1 is 1.44 bits per heavy atom. The van der Waals surface area contributed by atoms with Crippen LogP contribution in [-0.2, 0) is 17.6 Å². The molecule has 0 saturated carbocycles. The number of hydrogen-bond donors (Lipinski definition) is 1. The molecule has 16 heavy (non-hydrogen) atoms. The zero-order chi connectivity index (χ0) is 11.5. The fourth-order valence-corrected chi connectivity index (χ4v) is 2.94. The highest BCUT2D eigenvalue weighted by Crippen LogP contribution is 2.22. The van der Waals surface area contributed by atoms with Gasteiger partial charge in [-0.25, -0.2) is 0 Å². The molecule has 2 rings (SSSR count). The molecular weight excluding hydrogens is 218 g/mol. The van der Waals surface area contributed by atoms with E-state index in [1.54, 1.807) is 11.3 Å². The molecule has 0 aromatic carbocycles. The summed E-state index contributed by atoms with van der Waals surface area (Å²) in [5.74, 6) is 0.343. The van der Waals surface area contributed by atoms with Crippen molar-refractivity contribution in [2.24, 2.45) is 11.7 Å². The lowest BCUT2D eigenvalue weighted by Crippen LogP contribution is -2.19. The fraction of sp³-hybridized carbons (Fsp3) is 0.462. The second-order valence-corrected chi connectivity index (χ2v) is 5.51. The lowest BCUT2D eigenvalue weighted by Gasteiger charge is -2.06. The monoisotopic (exact) mass is 235 g/mol. The highest BCUT2D eigenvalue weighted by atomic mass is 32.1. The van der Waals surface area contributed by atoms with E-state index in [9.17, 15) is 4.79 Å². The maximum Gasteiger partial charge on any atom is 0.144 e. The zero-order valence-corrected chi connectivity index (χ0v) is 10.3. The molecule has 3 heteroatoms. The summed E-state index contributed by atoms with van der Waals surface area (Å²) in [6.45, 7) is 2.14. The lowest BCUT2D eigenvalue weighted by atomic mass is 10.00. The Labute approximate surface area is 100 Å². The van der Waals surface area contributed by atoms with Crippen molar-refractivity contribution in [1.29, 1.82) is 0 Å². The number of Topliss-reactive ketones (excluding diaryl/α,β-unsaturated/α-hetero) is 1. The Morgan fingerprint density at radius 2 is 2.19 bits per heavy atom. The van der Waals surface area contributed by atoms with Crippen LogP contribution in [0.4, 0.5) is 0 Å². The van der Waals surface area contributed by atoms with Crippen molar-refractivity contribution in [2.75, 3.05) is 0 Å². The minimum atomic E-state index is 0.0437. The molecule has 86 valence electrons. The summed E-state index contributed by atoms with van der Waals surface area (Å²) in [7, 11) is 0. The van der Waals surface area contributed by atoms with Crippen LogP contribution in [0.1, 0.15) is 23.1 Å². The predicted octanol–water partition coefficient (Wildman–Crippen LogP) is 2.33. The average Bonchev–Trinajstić information content (AvgIpc) is 2.87. The molecule has 0 saturated heterocycles. The first kappa shape index (κ1) is 11.6. The van der Waals surface area contributed by atoms with E-state index < -0.39 is 0 Å². The van der Waals surface area contributed by atoms with Crippen LogP contribution in [0.25, 0.3) is 0 Å². The van der Waals surface area contributed by atoms with Gasteiger partial charge in [-0.2, -0.15) is 0 Å². The first-order valence-corrected chi connectivity index (χ1v) is 6.55. The van der Waals surface area contributed by atoms with Crippen LogP contribution in [0.3, 0.4) is 0 Å². The number of allylic oxidation sites excluding steroid dienone is 1. The molecule has 2 atom stereocenters. The number of nitrogens with two attached hydrogens (primary N) is 1. The van der Waals surface area contributed by atoms with Gasteiger partial charge in [-0.1, -0.05) is 19.1 Å². The Hall–Kier alpha value is -0.930. The van der Waals surface area contributed by atoms with Crippen LogP contribution in [0, 0.1) is 5.92 Å². The van der Waals surface area contributed by atoms with Gasteiger partial charge < -0.3 is 5.73 Å². The van der Waals surface area contributed by atoms with Crippen molar-refractivity contribution in [3.05, 3.63) is 34.0 Å². The van der Waals surface area contributed by atoms with Crippen molar-refractivity contribution in [2.45, 2.75) is 32.2 Å². The smallest absolute Gasteiger partial charge is 0.144 e. The molecule has 1 aromatic rings. The summed E-state index contributed by atoms with van der Waals surface area (Å²) in [5.41, 5.74) is 5.75. The average molecular weight is 235 g/mol. The van der Waals surface area contributed by atoms with Crippen LogP contribution >= 0.6 is 11.3 Å². The summed E-state index contributed by atoms with van der Waals surface area (Å²) in [6.07, 6.45) is 6.29. The van der Waals surface area contributed by atoms with Crippen molar-refractivity contribution in [3.63, 3.8) is 0 Å². The van der Waals surface area contributed by atoms with Gasteiger partial charge >= 0.3 is 0 Å². The maximum absolute atomic E-state index is 12.0. The minimum Gasteiger partial charge on any atom is -0.324 e. The van der Waals surface area contributed by atoms with Crippen LogP contribution in [0.15, 0.2) is 24.3 Å². The fourth-order valence-electron chi connectivity index (χ4n) is 1.98. The predicted molar refractivity (Wildman–Crippen MR) is 67.6 cm³/mol. The van der Waals surface area contributed by atoms with Gasteiger partial charge in [0.25, 0.3) is 0 Å². The number of carbonyl (C=O) groups excluding carboxylic acids is 1. The number of hydrogen-bond acceptors (Lipinski definition) is 3. The van der Waals surface area contributed by atoms with E-state index in [0.717, 1.165) is 12.8 Å². The molecule has 2 N–H and O–H groups in total. The minimum absolute atomic E-state index is 0.0437. The van der Waals surface area contributed by atoms with Crippen molar-refractivity contribution in [3.8, 4) is 0 Å². The molecule has 0 spiro atoms. The second kappa shape index (κ2) is 4.93. The number of thiophene rings is 1. The Balaban J connectivity index is 1.94. The summed E-state index contributed by atoms with van der Waals surface area (Å²) < 4.78 is 0. The molecular formula is C13H17NOS. The molecule has 1 aliphatic carbocycles. The van der Waals surface area contributed by atoms with E-state index in [-0.39, 0.29) is 12.0 Å². The number of rotatable bonds is 4. The van der Waals surface area contributed by atoms with Gasteiger partial charge in [-0.3, -0.25) is 4.79 Å². The first-order valence-electron chi connectivity index (χ1n) is 5.73. The third-order valence-electron chi connectivity index (χ3n) is 2.94. The van der Waals surface area contributed by atoms with Crippen molar-refractivity contribution >= 4 is 17.1 Å². The molecule has 0 amide bonds. The van der Waals surface area contributed by atoms with Gasteiger partial charge in [0.2, 0.25) is 0 Å². The molecule has 1 aromatic heterocycles. The van der Waals surface area contributed by atoms with Gasteiger partial charge in [0.05, 0.1) is 0 Å². The number of ketones is 1. The molecule has 0 radical (unpaired) electrons. The van der Waals surface area contributed by atoms with E-state index in [1.165, 1.54) is 9.75 Å². The van der Waals surface area contributed by atoms with Crippen LogP contribution in [0.5, 0.6) is 0 Å². The normalized spacial score (nSPS) is 23.9. The molecule has 0 fully saturated rings. The summed E-state index contributed by atoms with van der Waals surface area (Å²) >= 11 is 1.74. The highest BCUT2D eigenvalue weighted by Gasteiger charge is 2.22. The molecule has 2 nitrogen and oxygen atoms in total. The Morgan fingerprint density at radius 3 is 2.75 bits per heavy atom. The second-order valence-electron chi connectivity index (χ2n) is 4.26. The van der Waals surface area contributed by atoms with Crippen LogP contribution in [0.2, 0.25) is 0 Å². The lowest BCUT2D eigenvalue weighted by molar-refractivity contribution is -0.120. The van der Waals surface area contributed by atoms with E-state index in [0.29, 0.717) is 12.2 Å². The quantitative estimate of drug-likeness (QED) is 0.814. The standard InChI is InChI=1S/C13H17NOS/c1-2-11-5-6-12(16-11)8-13(15)9-3-4-10(14)7-9/h3-6,9-10H,2,7-8,14H2,1H3. The number of aryl methyl sites for hydroxylation is 1. The van der Waals surface area contributed by atoms with E-state index >= 15 is 0 Å². The topological polar surface area (TPSA) is 43.1 Å². The maximum atomic E-state index is 12.0.